The third kappa shape index (κ3) is 2.68. The maximum absolute atomic E-state index is 11.2. The van der Waals surface area contributed by atoms with Crippen LogP contribution >= 0.6 is 11.8 Å². The molecule has 1 saturated heterocycles. The topological polar surface area (TPSA) is 55.1 Å². The predicted octanol–water partition coefficient (Wildman–Crippen LogP) is 0.344. The van der Waals surface area contributed by atoms with Gasteiger partial charge in [-0.2, -0.15) is 11.8 Å². The molecule has 0 saturated carbocycles. The molecule has 70 valence electrons. The maximum atomic E-state index is 11.2. The summed E-state index contributed by atoms with van der Waals surface area (Å²) in [6.45, 7) is 3.89. The maximum Gasteiger partial charge on any atom is 0.236 e. The van der Waals surface area contributed by atoms with Gasteiger partial charge in [0.25, 0.3) is 0 Å². The van der Waals surface area contributed by atoms with Crippen molar-refractivity contribution in [3.05, 3.63) is 0 Å². The second-order valence-corrected chi connectivity index (χ2v) is 4.85. The van der Waals surface area contributed by atoms with Crippen molar-refractivity contribution in [2.24, 2.45) is 5.73 Å². The fraction of sp³-hybridized carbons (Fsp3) is 0.875. The molecule has 4 heteroatoms. The lowest BCUT2D eigenvalue weighted by atomic mass is 10.2. The number of thioether (sulfide) groups is 1. The standard InChI is InChI=1S/C8H16N2OS/c1-5-3-7(4-12-5)10-8(11)6(2)9/h5-7H,3-4,9H2,1-2H3,(H,10,11). The van der Waals surface area contributed by atoms with E-state index in [9.17, 15) is 4.79 Å². The number of carbonyl (C=O) groups is 1. The van der Waals surface area contributed by atoms with Gasteiger partial charge in [0.05, 0.1) is 6.04 Å². The molecule has 1 amide bonds. The van der Waals surface area contributed by atoms with Gasteiger partial charge in [-0.25, -0.2) is 0 Å². The summed E-state index contributed by atoms with van der Waals surface area (Å²) in [6.07, 6.45) is 1.07. The Labute approximate surface area is 77.5 Å². The molecule has 3 unspecified atom stereocenters. The minimum Gasteiger partial charge on any atom is -0.351 e. The molecule has 3 atom stereocenters. The van der Waals surface area contributed by atoms with E-state index in [1.807, 2.05) is 11.8 Å². The highest BCUT2D eigenvalue weighted by Gasteiger charge is 2.23. The molecule has 1 aliphatic rings. The summed E-state index contributed by atoms with van der Waals surface area (Å²) in [5.41, 5.74) is 5.43. The Morgan fingerprint density at radius 3 is 2.83 bits per heavy atom. The van der Waals surface area contributed by atoms with Crippen LogP contribution < -0.4 is 11.1 Å². The van der Waals surface area contributed by atoms with Gasteiger partial charge in [0.1, 0.15) is 0 Å². The molecule has 3 N–H and O–H groups in total. The van der Waals surface area contributed by atoms with Crippen molar-refractivity contribution < 1.29 is 4.79 Å². The number of carbonyl (C=O) groups excluding carboxylic acids is 1. The second kappa shape index (κ2) is 4.14. The van der Waals surface area contributed by atoms with Crippen molar-refractivity contribution in [1.82, 2.24) is 5.32 Å². The Balaban J connectivity index is 2.28. The van der Waals surface area contributed by atoms with Crippen LogP contribution in [-0.4, -0.2) is 29.0 Å². The summed E-state index contributed by atoms with van der Waals surface area (Å²) < 4.78 is 0. The van der Waals surface area contributed by atoms with Crippen molar-refractivity contribution in [3.63, 3.8) is 0 Å². The van der Waals surface area contributed by atoms with Crippen LogP contribution in [0.2, 0.25) is 0 Å². The van der Waals surface area contributed by atoms with Crippen LogP contribution in [0.3, 0.4) is 0 Å². The van der Waals surface area contributed by atoms with E-state index in [0.717, 1.165) is 12.2 Å². The summed E-state index contributed by atoms with van der Waals surface area (Å²) >= 11 is 1.90. The molecule has 0 bridgehead atoms. The number of rotatable bonds is 2. The molecule has 0 aromatic carbocycles. The van der Waals surface area contributed by atoms with Crippen LogP contribution in [0.4, 0.5) is 0 Å². The average Bonchev–Trinajstić information content (AvgIpc) is 2.35. The Morgan fingerprint density at radius 2 is 2.42 bits per heavy atom. The summed E-state index contributed by atoms with van der Waals surface area (Å²) in [6, 6.07) is -0.0468. The Hall–Kier alpha value is -0.220. The van der Waals surface area contributed by atoms with Gasteiger partial charge in [0.2, 0.25) is 5.91 Å². The largest absolute Gasteiger partial charge is 0.351 e. The van der Waals surface area contributed by atoms with Crippen molar-refractivity contribution in [2.45, 2.75) is 37.6 Å². The molecule has 1 heterocycles. The van der Waals surface area contributed by atoms with Crippen LogP contribution in [0, 0.1) is 0 Å². The molecule has 1 rings (SSSR count). The summed E-state index contributed by atoms with van der Waals surface area (Å²) in [5, 5.41) is 3.59. The summed E-state index contributed by atoms with van der Waals surface area (Å²) in [7, 11) is 0. The molecule has 3 nitrogen and oxygen atoms in total. The average molecular weight is 188 g/mol. The number of nitrogens with two attached hydrogens (primary N) is 1. The first-order valence-electron chi connectivity index (χ1n) is 4.27. The molecule has 0 aromatic rings. The summed E-state index contributed by atoms with van der Waals surface area (Å²) in [5.74, 6) is 0.995. The lowest BCUT2D eigenvalue weighted by Gasteiger charge is -2.13. The third-order valence-electron chi connectivity index (χ3n) is 1.96. The van der Waals surface area contributed by atoms with Crippen molar-refractivity contribution in [2.75, 3.05) is 5.75 Å². The van der Waals surface area contributed by atoms with Crippen LogP contribution in [0.15, 0.2) is 0 Å². The Kier molecular flexibility index (Phi) is 3.40. The molecule has 0 radical (unpaired) electrons. The highest BCUT2D eigenvalue weighted by molar-refractivity contribution is 8.00. The van der Waals surface area contributed by atoms with Crippen LogP contribution in [-0.2, 0) is 4.79 Å². The minimum atomic E-state index is -0.383. The van der Waals surface area contributed by atoms with Gasteiger partial charge in [0, 0.05) is 17.0 Å². The van der Waals surface area contributed by atoms with Crippen LogP contribution in [0.25, 0.3) is 0 Å². The lowest BCUT2D eigenvalue weighted by Crippen LogP contribution is -2.44. The number of hydrogen-bond donors (Lipinski definition) is 2. The highest BCUT2D eigenvalue weighted by atomic mass is 32.2. The van der Waals surface area contributed by atoms with Gasteiger partial charge in [0.15, 0.2) is 0 Å². The molecule has 1 fully saturated rings. The second-order valence-electron chi connectivity index (χ2n) is 3.37. The van der Waals surface area contributed by atoms with Gasteiger partial charge in [-0.05, 0) is 13.3 Å². The van der Waals surface area contributed by atoms with E-state index in [-0.39, 0.29) is 11.9 Å². The van der Waals surface area contributed by atoms with E-state index in [1.54, 1.807) is 6.92 Å². The minimum absolute atomic E-state index is 0.0327. The number of amides is 1. The molecule has 0 aromatic heterocycles. The number of hydrogen-bond acceptors (Lipinski definition) is 3. The fourth-order valence-corrected chi connectivity index (χ4v) is 2.40. The van der Waals surface area contributed by atoms with E-state index < -0.39 is 0 Å². The lowest BCUT2D eigenvalue weighted by molar-refractivity contribution is -0.122. The number of nitrogens with one attached hydrogen (secondary N) is 1. The van der Waals surface area contributed by atoms with Gasteiger partial charge >= 0.3 is 0 Å². The first-order valence-corrected chi connectivity index (χ1v) is 5.32. The molecular formula is C8H16N2OS. The quantitative estimate of drug-likeness (QED) is 0.657. The van der Waals surface area contributed by atoms with E-state index in [4.69, 9.17) is 5.73 Å². The molecular weight excluding hydrogens is 172 g/mol. The Bertz CT molecular complexity index is 172. The molecule has 12 heavy (non-hydrogen) atoms. The van der Waals surface area contributed by atoms with Gasteiger partial charge in [-0.15, -0.1) is 0 Å². The molecule has 1 aliphatic heterocycles. The highest BCUT2D eigenvalue weighted by Crippen LogP contribution is 2.25. The molecule has 0 aliphatic carbocycles. The van der Waals surface area contributed by atoms with E-state index in [0.29, 0.717) is 11.3 Å². The SMILES string of the molecule is CC1CC(NC(=O)C(C)N)CS1. The normalized spacial score (nSPS) is 31.6. The Morgan fingerprint density at radius 1 is 1.75 bits per heavy atom. The zero-order valence-electron chi connectivity index (χ0n) is 7.54. The summed E-state index contributed by atoms with van der Waals surface area (Å²) in [4.78, 5) is 11.2. The monoisotopic (exact) mass is 188 g/mol. The van der Waals surface area contributed by atoms with E-state index >= 15 is 0 Å². The van der Waals surface area contributed by atoms with Crippen LogP contribution in [0.1, 0.15) is 20.3 Å². The van der Waals surface area contributed by atoms with Crippen molar-refractivity contribution in [1.29, 1.82) is 0 Å². The zero-order chi connectivity index (χ0) is 9.14. The van der Waals surface area contributed by atoms with Gasteiger partial charge < -0.3 is 11.1 Å². The first-order chi connectivity index (χ1) is 5.59. The first kappa shape index (κ1) is 9.86. The van der Waals surface area contributed by atoms with Gasteiger partial charge in [-0.1, -0.05) is 6.92 Å². The predicted molar refractivity (Wildman–Crippen MR) is 52.1 cm³/mol. The fourth-order valence-electron chi connectivity index (χ4n) is 1.25. The van der Waals surface area contributed by atoms with E-state index in [2.05, 4.69) is 12.2 Å². The smallest absolute Gasteiger partial charge is 0.236 e. The zero-order valence-corrected chi connectivity index (χ0v) is 8.36. The van der Waals surface area contributed by atoms with Gasteiger partial charge in [-0.3, -0.25) is 4.79 Å². The van der Waals surface area contributed by atoms with Crippen LogP contribution in [0.5, 0.6) is 0 Å². The van der Waals surface area contributed by atoms with Crippen molar-refractivity contribution in [3.8, 4) is 0 Å². The molecule has 0 spiro atoms. The third-order valence-corrected chi connectivity index (χ3v) is 3.31. The van der Waals surface area contributed by atoms with E-state index in [1.165, 1.54) is 0 Å². The van der Waals surface area contributed by atoms with Crippen molar-refractivity contribution >= 4 is 17.7 Å².